The largest absolute Gasteiger partial charge is 0.198 e. The zero-order chi connectivity index (χ0) is 6.53. The molecule has 1 aliphatic carbocycles. The summed E-state index contributed by atoms with van der Waals surface area (Å²) in [5.41, 5.74) is 0. The van der Waals surface area contributed by atoms with Crippen molar-refractivity contribution in [2.24, 2.45) is 5.92 Å². The molecule has 0 saturated carbocycles. The number of nitriles is 1. The lowest BCUT2D eigenvalue weighted by atomic mass is 9.92. The average molecular weight is 121 g/mol. The third kappa shape index (κ3) is 1.89. The second-order valence-electron chi connectivity index (χ2n) is 2.51. The highest BCUT2D eigenvalue weighted by atomic mass is 14.2. The van der Waals surface area contributed by atoms with Gasteiger partial charge in [0.15, 0.2) is 0 Å². The molecule has 1 nitrogen and oxygen atoms in total. The van der Waals surface area contributed by atoms with E-state index in [9.17, 15) is 0 Å². The van der Waals surface area contributed by atoms with Crippen molar-refractivity contribution in [1.82, 2.24) is 0 Å². The lowest BCUT2D eigenvalue weighted by molar-refractivity contribution is 0.490. The van der Waals surface area contributed by atoms with Crippen LogP contribution in [0.25, 0.3) is 0 Å². The molecule has 1 atom stereocenters. The number of allylic oxidation sites excluding steroid dienone is 2. The van der Waals surface area contributed by atoms with Gasteiger partial charge in [-0.1, -0.05) is 12.2 Å². The van der Waals surface area contributed by atoms with Crippen molar-refractivity contribution in [3.63, 3.8) is 0 Å². The van der Waals surface area contributed by atoms with Crippen LogP contribution in [0.4, 0.5) is 0 Å². The average Bonchev–Trinajstić information content (AvgIpc) is 1.91. The minimum absolute atomic E-state index is 0.653. The molecule has 0 fully saturated rings. The van der Waals surface area contributed by atoms with Crippen LogP contribution in [0.15, 0.2) is 12.2 Å². The number of nitrogens with zero attached hydrogens (tertiary/aromatic N) is 1. The highest BCUT2D eigenvalue weighted by molar-refractivity contribution is 4.92. The minimum Gasteiger partial charge on any atom is -0.198 e. The van der Waals surface area contributed by atoms with Crippen LogP contribution >= 0.6 is 0 Å². The van der Waals surface area contributed by atoms with Gasteiger partial charge in [0, 0.05) is 6.42 Å². The Balaban J connectivity index is 2.28. The molecule has 0 saturated heterocycles. The summed E-state index contributed by atoms with van der Waals surface area (Å²) in [5.74, 6) is 0.653. The Bertz CT molecular complexity index is 141. The molecule has 1 unspecified atom stereocenters. The van der Waals surface area contributed by atoms with Crippen molar-refractivity contribution in [1.29, 1.82) is 5.26 Å². The Hall–Kier alpha value is -0.770. The maximum Gasteiger partial charge on any atom is 0.0624 e. The van der Waals surface area contributed by atoms with Crippen LogP contribution in [0.1, 0.15) is 25.7 Å². The van der Waals surface area contributed by atoms with Gasteiger partial charge in [-0.2, -0.15) is 5.26 Å². The van der Waals surface area contributed by atoms with Crippen molar-refractivity contribution < 1.29 is 0 Å². The van der Waals surface area contributed by atoms with E-state index in [2.05, 4.69) is 18.2 Å². The van der Waals surface area contributed by atoms with Crippen LogP contribution in [0.5, 0.6) is 0 Å². The molecule has 0 aromatic heterocycles. The quantitative estimate of drug-likeness (QED) is 0.488. The van der Waals surface area contributed by atoms with E-state index in [1.54, 1.807) is 0 Å². The van der Waals surface area contributed by atoms with Gasteiger partial charge in [0.2, 0.25) is 0 Å². The zero-order valence-corrected chi connectivity index (χ0v) is 5.51. The molecule has 1 aliphatic rings. The highest BCUT2D eigenvalue weighted by Crippen LogP contribution is 2.20. The SMILES string of the molecule is N#CCC1CC=CCC1. The number of hydrogen-bond donors (Lipinski definition) is 0. The molecule has 0 aromatic rings. The number of rotatable bonds is 1. The summed E-state index contributed by atoms with van der Waals surface area (Å²) >= 11 is 0. The van der Waals surface area contributed by atoms with E-state index in [4.69, 9.17) is 5.26 Å². The Morgan fingerprint density at radius 3 is 3.00 bits per heavy atom. The van der Waals surface area contributed by atoms with E-state index in [1.807, 2.05) is 0 Å². The van der Waals surface area contributed by atoms with Gasteiger partial charge in [0.25, 0.3) is 0 Å². The van der Waals surface area contributed by atoms with Gasteiger partial charge >= 0.3 is 0 Å². The van der Waals surface area contributed by atoms with Crippen LogP contribution in [0, 0.1) is 17.2 Å². The van der Waals surface area contributed by atoms with Crippen molar-refractivity contribution in [3.8, 4) is 6.07 Å². The smallest absolute Gasteiger partial charge is 0.0624 e. The third-order valence-corrected chi connectivity index (χ3v) is 1.76. The molecular weight excluding hydrogens is 110 g/mol. The monoisotopic (exact) mass is 121 g/mol. The van der Waals surface area contributed by atoms with Gasteiger partial charge in [-0.25, -0.2) is 0 Å². The van der Waals surface area contributed by atoms with E-state index >= 15 is 0 Å². The lowest BCUT2D eigenvalue weighted by Gasteiger charge is -2.12. The van der Waals surface area contributed by atoms with Gasteiger partial charge in [0.05, 0.1) is 6.07 Å². The molecule has 1 rings (SSSR count). The molecule has 0 aromatic carbocycles. The maximum absolute atomic E-state index is 8.34. The van der Waals surface area contributed by atoms with Crippen LogP contribution in [-0.4, -0.2) is 0 Å². The first-order valence-corrected chi connectivity index (χ1v) is 3.45. The molecule has 0 aliphatic heterocycles. The summed E-state index contributed by atoms with van der Waals surface area (Å²) in [4.78, 5) is 0. The summed E-state index contributed by atoms with van der Waals surface area (Å²) < 4.78 is 0. The Labute approximate surface area is 56.0 Å². The second kappa shape index (κ2) is 3.29. The summed E-state index contributed by atoms with van der Waals surface area (Å²) in [6, 6.07) is 2.20. The molecule has 48 valence electrons. The van der Waals surface area contributed by atoms with Crippen LogP contribution in [0.3, 0.4) is 0 Å². The van der Waals surface area contributed by atoms with Gasteiger partial charge in [-0.3, -0.25) is 0 Å². The predicted molar refractivity (Wildman–Crippen MR) is 36.7 cm³/mol. The molecule has 0 radical (unpaired) electrons. The first-order chi connectivity index (χ1) is 4.43. The van der Waals surface area contributed by atoms with Gasteiger partial charge in [0.1, 0.15) is 0 Å². The van der Waals surface area contributed by atoms with E-state index < -0.39 is 0 Å². The standard InChI is InChI=1S/C8H11N/c9-7-6-8-4-2-1-3-5-8/h1-2,8H,3-6H2. The Morgan fingerprint density at radius 2 is 2.44 bits per heavy atom. The molecule has 0 N–H and O–H groups in total. The topological polar surface area (TPSA) is 23.8 Å². The van der Waals surface area contributed by atoms with Crippen molar-refractivity contribution in [2.45, 2.75) is 25.7 Å². The molecule has 0 bridgehead atoms. The summed E-state index contributed by atoms with van der Waals surface area (Å²) in [6.07, 6.45) is 8.63. The van der Waals surface area contributed by atoms with Gasteiger partial charge in [-0.15, -0.1) is 0 Å². The highest BCUT2D eigenvalue weighted by Gasteiger charge is 2.07. The van der Waals surface area contributed by atoms with Crippen LogP contribution in [-0.2, 0) is 0 Å². The summed E-state index contributed by atoms with van der Waals surface area (Å²) in [5, 5.41) is 8.34. The minimum atomic E-state index is 0.653. The zero-order valence-electron chi connectivity index (χ0n) is 5.51. The third-order valence-electron chi connectivity index (χ3n) is 1.76. The predicted octanol–water partition coefficient (Wildman–Crippen LogP) is 2.26. The van der Waals surface area contributed by atoms with E-state index in [1.165, 1.54) is 12.8 Å². The van der Waals surface area contributed by atoms with Crippen LogP contribution in [0.2, 0.25) is 0 Å². The van der Waals surface area contributed by atoms with Crippen molar-refractivity contribution in [2.75, 3.05) is 0 Å². The first-order valence-electron chi connectivity index (χ1n) is 3.45. The number of hydrogen-bond acceptors (Lipinski definition) is 1. The fourth-order valence-corrected chi connectivity index (χ4v) is 1.17. The van der Waals surface area contributed by atoms with Gasteiger partial charge in [-0.05, 0) is 25.2 Å². The van der Waals surface area contributed by atoms with E-state index in [-0.39, 0.29) is 0 Å². The summed E-state index contributed by atoms with van der Waals surface area (Å²) in [6.45, 7) is 0. The Kier molecular flexibility index (Phi) is 2.32. The molecule has 0 heterocycles. The Morgan fingerprint density at radius 1 is 1.56 bits per heavy atom. The van der Waals surface area contributed by atoms with E-state index in [0.717, 1.165) is 12.8 Å². The van der Waals surface area contributed by atoms with E-state index in [0.29, 0.717) is 5.92 Å². The van der Waals surface area contributed by atoms with Crippen LogP contribution < -0.4 is 0 Å². The molecular formula is C8H11N. The molecule has 9 heavy (non-hydrogen) atoms. The normalized spacial score (nSPS) is 25.4. The molecule has 0 amide bonds. The fraction of sp³-hybridized carbons (Fsp3) is 0.625. The molecule has 0 spiro atoms. The van der Waals surface area contributed by atoms with Crippen molar-refractivity contribution >= 4 is 0 Å². The lowest BCUT2D eigenvalue weighted by Crippen LogP contribution is -2.00. The fourth-order valence-electron chi connectivity index (χ4n) is 1.17. The first kappa shape index (κ1) is 6.35. The van der Waals surface area contributed by atoms with Crippen molar-refractivity contribution in [3.05, 3.63) is 12.2 Å². The molecule has 1 heteroatoms. The maximum atomic E-state index is 8.34. The van der Waals surface area contributed by atoms with Gasteiger partial charge < -0.3 is 0 Å². The summed E-state index contributed by atoms with van der Waals surface area (Å²) in [7, 11) is 0. The second-order valence-corrected chi connectivity index (χ2v) is 2.51.